The van der Waals surface area contributed by atoms with Gasteiger partial charge < -0.3 is 10.1 Å². The topological polar surface area (TPSA) is 97.3 Å². The van der Waals surface area contributed by atoms with Gasteiger partial charge in [-0.2, -0.15) is 0 Å². The van der Waals surface area contributed by atoms with Gasteiger partial charge in [0.25, 0.3) is 11.8 Å². The Morgan fingerprint density at radius 1 is 1.39 bits per heavy atom. The highest BCUT2D eigenvalue weighted by Gasteiger charge is 2.32. The van der Waals surface area contributed by atoms with Crippen molar-refractivity contribution in [2.24, 2.45) is 0 Å². The number of aryl methyl sites for hydroxylation is 1. The monoisotopic (exact) mass is 423 g/mol. The SMILES string of the molecule is C=CCCC(=C)c1nc(C(=O)N[C@H]2COc3cccnc3N(C)C2=O)ncc1C.CC. The highest BCUT2D eigenvalue weighted by Crippen LogP contribution is 2.27. The predicted octanol–water partition coefficient (Wildman–Crippen LogP) is 3.34. The molecule has 3 rings (SSSR count). The highest BCUT2D eigenvalue weighted by molar-refractivity contribution is 6.01. The second kappa shape index (κ2) is 11.0. The van der Waals surface area contributed by atoms with E-state index in [0.29, 0.717) is 23.7 Å². The first-order chi connectivity index (χ1) is 14.9. The van der Waals surface area contributed by atoms with Crippen molar-refractivity contribution >= 4 is 23.2 Å². The summed E-state index contributed by atoms with van der Waals surface area (Å²) in [6, 6.07) is 2.55. The molecule has 0 unspecified atom stereocenters. The van der Waals surface area contributed by atoms with Crippen molar-refractivity contribution < 1.29 is 14.3 Å². The van der Waals surface area contributed by atoms with E-state index in [4.69, 9.17) is 4.74 Å². The number of ether oxygens (including phenoxy) is 1. The first-order valence-electron chi connectivity index (χ1n) is 10.2. The van der Waals surface area contributed by atoms with Crippen LogP contribution in [0.15, 0.2) is 43.8 Å². The number of carbonyl (C=O) groups excluding carboxylic acids is 2. The van der Waals surface area contributed by atoms with Crippen molar-refractivity contribution in [3.8, 4) is 5.75 Å². The van der Waals surface area contributed by atoms with Crippen LogP contribution in [0, 0.1) is 6.92 Å². The molecule has 0 saturated heterocycles. The van der Waals surface area contributed by atoms with Gasteiger partial charge in [-0.25, -0.2) is 15.0 Å². The molecular formula is C23H29N5O3. The second-order valence-corrected chi connectivity index (χ2v) is 6.72. The Morgan fingerprint density at radius 2 is 2.13 bits per heavy atom. The zero-order valence-corrected chi connectivity index (χ0v) is 18.5. The lowest BCUT2D eigenvalue weighted by atomic mass is 10.1. The van der Waals surface area contributed by atoms with Gasteiger partial charge in [0.1, 0.15) is 12.6 Å². The number of carbonyl (C=O) groups is 2. The molecule has 0 aromatic carbocycles. The van der Waals surface area contributed by atoms with Crippen LogP contribution in [0.2, 0.25) is 0 Å². The van der Waals surface area contributed by atoms with Crippen molar-refractivity contribution in [2.45, 2.75) is 39.7 Å². The standard InChI is InChI=1S/C21H23N5O3.C2H6/c1-5-6-8-13(2)17-14(3)11-23-18(25-17)20(27)24-15-12-29-16-9-7-10-22-19(16)26(4)21(15)28;1-2/h5,7,9-11,15H,1-2,6,8,12H2,3-4H3,(H,24,27);1-2H3/t15-;/m0./s1. The Bertz CT molecular complexity index is 973. The molecule has 0 bridgehead atoms. The quantitative estimate of drug-likeness (QED) is 0.716. The molecule has 0 spiro atoms. The summed E-state index contributed by atoms with van der Waals surface area (Å²) >= 11 is 0. The Balaban J connectivity index is 0.00000166. The second-order valence-electron chi connectivity index (χ2n) is 6.72. The molecule has 0 aliphatic carbocycles. The van der Waals surface area contributed by atoms with Crippen molar-refractivity contribution in [2.75, 3.05) is 18.6 Å². The van der Waals surface area contributed by atoms with Crippen LogP contribution < -0.4 is 15.0 Å². The number of nitrogens with one attached hydrogen (secondary N) is 1. The van der Waals surface area contributed by atoms with E-state index in [1.807, 2.05) is 20.8 Å². The molecular weight excluding hydrogens is 394 g/mol. The Labute approximate surface area is 183 Å². The van der Waals surface area contributed by atoms with Crippen molar-refractivity contribution in [3.63, 3.8) is 0 Å². The molecule has 0 radical (unpaired) electrons. The van der Waals surface area contributed by atoms with Crippen LogP contribution in [-0.2, 0) is 4.79 Å². The maximum atomic E-state index is 12.7. The predicted molar refractivity (Wildman–Crippen MR) is 121 cm³/mol. The van der Waals surface area contributed by atoms with Crippen LogP contribution in [0.1, 0.15) is 48.6 Å². The number of nitrogens with zero attached hydrogens (tertiary/aromatic N) is 4. The lowest BCUT2D eigenvalue weighted by molar-refractivity contribution is -0.120. The summed E-state index contributed by atoms with van der Waals surface area (Å²) in [5, 5.41) is 2.67. The van der Waals surface area contributed by atoms with E-state index < -0.39 is 11.9 Å². The van der Waals surface area contributed by atoms with E-state index in [2.05, 4.69) is 33.4 Å². The van der Waals surface area contributed by atoms with E-state index in [1.54, 1.807) is 37.7 Å². The third kappa shape index (κ3) is 5.53. The third-order valence-electron chi connectivity index (χ3n) is 4.57. The Kier molecular flexibility index (Phi) is 8.43. The third-order valence-corrected chi connectivity index (χ3v) is 4.57. The Morgan fingerprint density at radius 3 is 2.84 bits per heavy atom. The van der Waals surface area contributed by atoms with Gasteiger partial charge in [0.05, 0.1) is 5.69 Å². The average Bonchev–Trinajstić information content (AvgIpc) is 2.91. The van der Waals surface area contributed by atoms with Crippen LogP contribution >= 0.6 is 0 Å². The minimum Gasteiger partial charge on any atom is -0.487 e. The van der Waals surface area contributed by atoms with Crippen LogP contribution in [0.5, 0.6) is 5.75 Å². The van der Waals surface area contributed by atoms with Gasteiger partial charge in [0, 0.05) is 19.4 Å². The van der Waals surface area contributed by atoms with Gasteiger partial charge in [-0.05, 0) is 43.0 Å². The summed E-state index contributed by atoms with van der Waals surface area (Å²) in [7, 11) is 1.59. The van der Waals surface area contributed by atoms with E-state index in [1.165, 1.54) is 4.90 Å². The average molecular weight is 424 g/mol. The molecule has 2 aromatic heterocycles. The maximum absolute atomic E-state index is 12.7. The molecule has 2 aromatic rings. The summed E-state index contributed by atoms with van der Waals surface area (Å²) in [6.45, 7) is 13.6. The molecule has 8 nitrogen and oxygen atoms in total. The van der Waals surface area contributed by atoms with E-state index in [0.717, 1.165) is 17.6 Å². The van der Waals surface area contributed by atoms with Crippen molar-refractivity contribution in [1.82, 2.24) is 20.3 Å². The largest absolute Gasteiger partial charge is 0.487 e. The summed E-state index contributed by atoms with van der Waals surface area (Å²) in [6.07, 6.45) is 6.40. The molecule has 0 saturated carbocycles. The number of anilines is 1. The number of hydrogen-bond donors (Lipinski definition) is 1. The van der Waals surface area contributed by atoms with Crippen molar-refractivity contribution in [3.05, 3.63) is 60.8 Å². The molecule has 164 valence electrons. The van der Waals surface area contributed by atoms with Gasteiger partial charge in [-0.15, -0.1) is 6.58 Å². The highest BCUT2D eigenvalue weighted by atomic mass is 16.5. The minimum absolute atomic E-state index is 0.0155. The zero-order valence-electron chi connectivity index (χ0n) is 18.5. The molecule has 1 N–H and O–H groups in total. The zero-order chi connectivity index (χ0) is 23.0. The number of amides is 2. The van der Waals surface area contributed by atoms with Gasteiger partial charge in [0.15, 0.2) is 11.6 Å². The lowest BCUT2D eigenvalue weighted by Crippen LogP contribution is -2.49. The molecule has 1 atom stereocenters. The molecule has 3 heterocycles. The normalized spacial score (nSPS) is 14.9. The fourth-order valence-electron chi connectivity index (χ4n) is 2.96. The van der Waals surface area contributed by atoms with Crippen molar-refractivity contribution in [1.29, 1.82) is 0 Å². The van der Waals surface area contributed by atoms with Gasteiger partial charge in [-0.1, -0.05) is 26.5 Å². The number of likely N-dealkylation sites (N-methyl/N-ethyl adjacent to an activating group) is 1. The van der Waals surface area contributed by atoms with E-state index >= 15 is 0 Å². The number of hydrogen-bond acceptors (Lipinski definition) is 6. The van der Waals surface area contributed by atoms with E-state index in [-0.39, 0.29) is 18.3 Å². The molecule has 8 heteroatoms. The molecule has 2 amide bonds. The molecule has 1 aliphatic rings. The fraction of sp³-hybridized carbons (Fsp3) is 0.348. The summed E-state index contributed by atoms with van der Waals surface area (Å²) in [5.74, 6) is -0.0367. The maximum Gasteiger partial charge on any atom is 0.289 e. The lowest BCUT2D eigenvalue weighted by Gasteiger charge is -2.19. The van der Waals surface area contributed by atoms with Gasteiger partial charge >= 0.3 is 0 Å². The van der Waals surface area contributed by atoms with Crippen LogP contribution in [0.25, 0.3) is 5.57 Å². The Hall–Kier alpha value is -3.55. The number of rotatable bonds is 6. The fourth-order valence-corrected chi connectivity index (χ4v) is 2.96. The number of allylic oxidation sites excluding steroid dienone is 2. The van der Waals surface area contributed by atoms with Crippen LogP contribution in [-0.4, -0.2) is 46.5 Å². The first kappa shape index (κ1) is 23.7. The van der Waals surface area contributed by atoms with Gasteiger partial charge in [-0.3, -0.25) is 14.5 Å². The number of pyridine rings is 1. The molecule has 0 fully saturated rings. The van der Waals surface area contributed by atoms with E-state index in [9.17, 15) is 9.59 Å². The van der Waals surface area contributed by atoms with Crippen LogP contribution in [0.4, 0.5) is 5.82 Å². The first-order valence-corrected chi connectivity index (χ1v) is 10.2. The summed E-state index contributed by atoms with van der Waals surface area (Å²) in [5.41, 5.74) is 2.25. The summed E-state index contributed by atoms with van der Waals surface area (Å²) < 4.78 is 5.66. The molecule has 31 heavy (non-hydrogen) atoms. The smallest absolute Gasteiger partial charge is 0.289 e. The summed E-state index contributed by atoms with van der Waals surface area (Å²) in [4.78, 5) is 39.5. The van der Waals surface area contributed by atoms with Crippen LogP contribution in [0.3, 0.4) is 0 Å². The minimum atomic E-state index is -0.890. The van der Waals surface area contributed by atoms with Gasteiger partial charge in [0.2, 0.25) is 5.82 Å². The number of aromatic nitrogens is 3. The number of fused-ring (bicyclic) bond motifs is 1. The molecule has 1 aliphatic heterocycles.